The van der Waals surface area contributed by atoms with Gasteiger partial charge >= 0.3 is 5.97 Å². The molecule has 2 saturated carbocycles. The standard InChI is InChI=1S/C30H28N2O5/c1-15-5-3-6-16(2)27(15)31-14-17(11-24(31)33)30(36)37-19-8-4-7-18(12-19)32-28(34)25-20-9-10-21(23-13-22(20)23)26(25)29(32)35/h3-10,12,17,20-23,25-26H,11,13-14H2,1-2H3/t17-,20+,21+,22+,23+,25-,26+/m1/s1. The van der Waals surface area contributed by atoms with Crippen molar-refractivity contribution in [1.29, 1.82) is 0 Å². The first-order valence-corrected chi connectivity index (χ1v) is 13.1. The van der Waals surface area contributed by atoms with Gasteiger partial charge in [-0.15, -0.1) is 0 Å². The van der Waals surface area contributed by atoms with Crippen molar-refractivity contribution in [3.8, 4) is 5.75 Å². The van der Waals surface area contributed by atoms with Gasteiger partial charge in [0.15, 0.2) is 0 Å². The molecule has 7 nitrogen and oxygen atoms in total. The van der Waals surface area contributed by atoms with Crippen LogP contribution < -0.4 is 14.5 Å². The number of allylic oxidation sites excluding steroid dienone is 2. The van der Waals surface area contributed by atoms with Crippen LogP contribution in [0.5, 0.6) is 5.75 Å². The van der Waals surface area contributed by atoms with E-state index in [0.29, 0.717) is 17.5 Å². The molecule has 37 heavy (non-hydrogen) atoms. The zero-order valence-electron chi connectivity index (χ0n) is 20.8. The number of para-hydroxylation sites is 1. The van der Waals surface area contributed by atoms with Gasteiger partial charge in [0, 0.05) is 24.7 Å². The van der Waals surface area contributed by atoms with Gasteiger partial charge in [0.1, 0.15) is 5.75 Å². The van der Waals surface area contributed by atoms with Gasteiger partial charge < -0.3 is 9.64 Å². The van der Waals surface area contributed by atoms with Crippen LogP contribution in [-0.2, 0) is 19.2 Å². The van der Waals surface area contributed by atoms with Gasteiger partial charge in [-0.1, -0.05) is 36.4 Å². The summed E-state index contributed by atoms with van der Waals surface area (Å²) in [5.41, 5.74) is 3.24. The molecule has 2 saturated heterocycles. The van der Waals surface area contributed by atoms with E-state index in [2.05, 4.69) is 12.2 Å². The SMILES string of the molecule is Cc1cccc(C)c1N1C[C@H](C(=O)Oc2cccc(N3C(=O)[C@@H]4[C@H]5C=C[C@@H]([C@@H]6C[C@@H]56)[C@@H]4C3=O)c2)CC1=O. The third-order valence-electron chi connectivity index (χ3n) is 9.12. The molecule has 0 N–H and O–H groups in total. The summed E-state index contributed by atoms with van der Waals surface area (Å²) in [4.78, 5) is 55.7. The number of carbonyl (C=O) groups excluding carboxylic acids is 4. The fraction of sp³-hybridized carbons (Fsp3) is 0.400. The van der Waals surface area contributed by atoms with Crippen LogP contribution in [0, 0.1) is 55.3 Å². The highest BCUT2D eigenvalue weighted by Crippen LogP contribution is 2.65. The molecule has 6 aliphatic rings. The number of esters is 1. The second-order valence-electron chi connectivity index (χ2n) is 11.2. The number of ether oxygens (including phenoxy) is 1. The van der Waals surface area contributed by atoms with Crippen molar-refractivity contribution < 1.29 is 23.9 Å². The molecule has 2 bridgehead atoms. The van der Waals surface area contributed by atoms with Crippen molar-refractivity contribution in [3.63, 3.8) is 0 Å². The number of hydrogen-bond acceptors (Lipinski definition) is 5. The van der Waals surface area contributed by atoms with Crippen LogP contribution in [0.25, 0.3) is 0 Å². The van der Waals surface area contributed by atoms with E-state index in [1.54, 1.807) is 29.2 Å². The summed E-state index contributed by atoms with van der Waals surface area (Å²) in [6.45, 7) is 4.16. The molecule has 2 aromatic rings. The van der Waals surface area contributed by atoms with Gasteiger partial charge in [0.2, 0.25) is 17.7 Å². The molecule has 0 unspecified atom stereocenters. The minimum Gasteiger partial charge on any atom is -0.426 e. The van der Waals surface area contributed by atoms with Gasteiger partial charge in [-0.05, 0) is 67.2 Å². The first-order chi connectivity index (χ1) is 17.8. The first kappa shape index (κ1) is 22.5. The van der Waals surface area contributed by atoms with Crippen LogP contribution in [-0.4, -0.2) is 30.2 Å². The maximum absolute atomic E-state index is 13.4. The van der Waals surface area contributed by atoms with E-state index in [4.69, 9.17) is 4.74 Å². The average Bonchev–Trinajstić information content (AvgIpc) is 3.56. The molecule has 2 aliphatic heterocycles. The third-order valence-corrected chi connectivity index (χ3v) is 9.12. The fourth-order valence-electron chi connectivity index (χ4n) is 7.41. The van der Waals surface area contributed by atoms with Gasteiger partial charge in [0.25, 0.3) is 0 Å². The lowest BCUT2D eigenvalue weighted by Gasteiger charge is -2.37. The average molecular weight is 497 g/mol. The number of aryl methyl sites for hydroxylation is 2. The molecule has 7 atom stereocenters. The van der Waals surface area contributed by atoms with Gasteiger partial charge in [-0.3, -0.25) is 19.2 Å². The summed E-state index contributed by atoms with van der Waals surface area (Å²) in [6.07, 6.45) is 5.50. The summed E-state index contributed by atoms with van der Waals surface area (Å²) in [6, 6.07) is 12.5. The highest BCUT2D eigenvalue weighted by Gasteiger charge is 2.67. The zero-order chi connectivity index (χ0) is 25.6. The lowest BCUT2D eigenvalue weighted by Crippen LogP contribution is -2.40. The Labute approximate surface area is 215 Å². The largest absolute Gasteiger partial charge is 0.426 e. The molecule has 188 valence electrons. The lowest BCUT2D eigenvalue weighted by molar-refractivity contribution is -0.139. The maximum atomic E-state index is 13.4. The van der Waals surface area contributed by atoms with E-state index >= 15 is 0 Å². The van der Waals surface area contributed by atoms with Gasteiger partial charge in [-0.25, -0.2) is 4.90 Å². The number of anilines is 2. The molecule has 8 rings (SSSR count). The van der Waals surface area contributed by atoms with Crippen LogP contribution in [0.1, 0.15) is 24.0 Å². The van der Waals surface area contributed by atoms with E-state index in [1.807, 2.05) is 32.0 Å². The number of rotatable bonds is 4. The number of nitrogens with zero attached hydrogens (tertiary/aromatic N) is 2. The molecule has 0 radical (unpaired) electrons. The van der Waals surface area contributed by atoms with Crippen molar-refractivity contribution in [1.82, 2.24) is 0 Å². The fourth-order valence-corrected chi connectivity index (χ4v) is 7.41. The predicted molar refractivity (Wildman–Crippen MR) is 136 cm³/mol. The van der Waals surface area contributed by atoms with E-state index in [0.717, 1.165) is 23.2 Å². The monoisotopic (exact) mass is 496 g/mol. The predicted octanol–water partition coefficient (Wildman–Crippen LogP) is 3.82. The second-order valence-corrected chi connectivity index (χ2v) is 11.2. The van der Waals surface area contributed by atoms with Crippen LogP contribution in [0.2, 0.25) is 0 Å². The van der Waals surface area contributed by atoms with Crippen LogP contribution in [0.4, 0.5) is 11.4 Å². The highest BCUT2D eigenvalue weighted by molar-refractivity contribution is 6.22. The molecule has 4 fully saturated rings. The number of imide groups is 1. The summed E-state index contributed by atoms with van der Waals surface area (Å²) >= 11 is 0. The Balaban J connectivity index is 1.09. The number of hydrogen-bond donors (Lipinski definition) is 0. The molecule has 2 aromatic carbocycles. The Morgan fingerprint density at radius 2 is 1.51 bits per heavy atom. The lowest BCUT2D eigenvalue weighted by atomic mass is 9.63. The number of benzene rings is 2. The molecule has 0 aromatic heterocycles. The normalized spacial score (nSPS) is 33.1. The molecule has 0 spiro atoms. The minimum atomic E-state index is -0.596. The van der Waals surface area contributed by atoms with Crippen molar-refractivity contribution in [2.75, 3.05) is 16.3 Å². The van der Waals surface area contributed by atoms with Crippen molar-refractivity contribution >= 4 is 35.1 Å². The summed E-state index contributed by atoms with van der Waals surface area (Å²) < 4.78 is 5.68. The van der Waals surface area contributed by atoms with E-state index in [1.165, 1.54) is 4.90 Å². The Kier molecular flexibility index (Phi) is 4.78. The van der Waals surface area contributed by atoms with Gasteiger partial charge in [-0.2, -0.15) is 0 Å². The number of amides is 3. The van der Waals surface area contributed by atoms with Crippen molar-refractivity contribution in [2.45, 2.75) is 26.7 Å². The molecule has 7 heteroatoms. The molecular weight excluding hydrogens is 468 g/mol. The Morgan fingerprint density at radius 3 is 2.16 bits per heavy atom. The van der Waals surface area contributed by atoms with E-state index < -0.39 is 11.9 Å². The Hall–Kier alpha value is -3.74. The smallest absolute Gasteiger partial charge is 0.316 e. The second kappa shape index (κ2) is 7.88. The quantitative estimate of drug-likeness (QED) is 0.278. The molecule has 3 amide bonds. The topological polar surface area (TPSA) is 84.0 Å². The zero-order valence-corrected chi connectivity index (χ0v) is 20.8. The van der Waals surface area contributed by atoms with Crippen molar-refractivity contribution in [2.24, 2.45) is 41.4 Å². The maximum Gasteiger partial charge on any atom is 0.316 e. The molecule has 2 heterocycles. The minimum absolute atomic E-state index is 0.0802. The Bertz CT molecular complexity index is 1360. The molecule has 4 aliphatic carbocycles. The summed E-state index contributed by atoms with van der Waals surface area (Å²) in [5, 5.41) is 0. The summed E-state index contributed by atoms with van der Waals surface area (Å²) in [5.74, 6) is -0.390. The van der Waals surface area contributed by atoms with E-state index in [9.17, 15) is 19.2 Å². The number of carbonyl (C=O) groups is 4. The van der Waals surface area contributed by atoms with E-state index in [-0.39, 0.29) is 60.1 Å². The first-order valence-electron chi connectivity index (χ1n) is 13.1. The third kappa shape index (κ3) is 3.26. The van der Waals surface area contributed by atoms with Crippen molar-refractivity contribution in [3.05, 3.63) is 65.7 Å². The van der Waals surface area contributed by atoms with Gasteiger partial charge in [0.05, 0.1) is 23.4 Å². The van der Waals surface area contributed by atoms with Crippen LogP contribution in [0.15, 0.2) is 54.6 Å². The van der Waals surface area contributed by atoms with Crippen LogP contribution >= 0.6 is 0 Å². The van der Waals surface area contributed by atoms with Crippen LogP contribution in [0.3, 0.4) is 0 Å². The molecular formula is C30H28N2O5. The Morgan fingerprint density at radius 1 is 0.892 bits per heavy atom. The highest BCUT2D eigenvalue weighted by atomic mass is 16.5. The summed E-state index contributed by atoms with van der Waals surface area (Å²) in [7, 11) is 0.